The van der Waals surface area contributed by atoms with Crippen LogP contribution in [0.5, 0.6) is 0 Å². The minimum atomic E-state index is -0.370. The molecule has 0 fully saturated rings. The first-order valence-corrected chi connectivity index (χ1v) is 9.90. The molecule has 0 saturated heterocycles. The Labute approximate surface area is 178 Å². The summed E-state index contributed by atoms with van der Waals surface area (Å²) in [7, 11) is 0. The number of fused-ring (bicyclic) bond motifs is 1. The standard InChI is InChI=1S/C24H20ClN3O2/c1-14-12-16(3)20(13-15(14)2)23(29)27-28-22(17-8-10-18(25)11-9-17)26-21-7-5-4-6-19(21)24(28)30/h4-13H,1-3H3,(H,27,29). The van der Waals surface area contributed by atoms with Crippen LogP contribution in [0.4, 0.5) is 0 Å². The Bertz CT molecular complexity index is 1340. The van der Waals surface area contributed by atoms with Crippen LogP contribution in [-0.2, 0) is 0 Å². The van der Waals surface area contributed by atoms with E-state index in [1.807, 2.05) is 39.0 Å². The average Bonchev–Trinajstić information content (AvgIpc) is 2.73. The van der Waals surface area contributed by atoms with Crippen LogP contribution in [0, 0.1) is 20.8 Å². The van der Waals surface area contributed by atoms with Gasteiger partial charge in [0.1, 0.15) is 0 Å². The van der Waals surface area contributed by atoms with Gasteiger partial charge in [0.2, 0.25) is 0 Å². The van der Waals surface area contributed by atoms with Crippen molar-refractivity contribution in [2.24, 2.45) is 0 Å². The number of hydrogen-bond acceptors (Lipinski definition) is 3. The number of carbonyl (C=O) groups excluding carboxylic acids is 1. The van der Waals surface area contributed by atoms with Crippen LogP contribution in [0.3, 0.4) is 0 Å². The Balaban J connectivity index is 1.89. The van der Waals surface area contributed by atoms with Gasteiger partial charge in [-0.3, -0.25) is 15.0 Å². The van der Waals surface area contributed by atoms with Crippen molar-refractivity contribution in [3.63, 3.8) is 0 Å². The lowest BCUT2D eigenvalue weighted by Gasteiger charge is -2.16. The molecular formula is C24H20ClN3O2. The van der Waals surface area contributed by atoms with E-state index in [4.69, 9.17) is 11.6 Å². The summed E-state index contributed by atoms with van der Waals surface area (Å²) >= 11 is 6.02. The predicted octanol–water partition coefficient (Wildman–Crippen LogP) is 5.03. The second-order valence-corrected chi connectivity index (χ2v) is 7.73. The summed E-state index contributed by atoms with van der Waals surface area (Å²) in [5.41, 5.74) is 7.10. The maximum Gasteiger partial charge on any atom is 0.280 e. The number of aryl methyl sites for hydroxylation is 3. The van der Waals surface area contributed by atoms with Gasteiger partial charge in [-0.25, -0.2) is 4.98 Å². The molecule has 1 aromatic heterocycles. The van der Waals surface area contributed by atoms with Crippen molar-refractivity contribution >= 4 is 28.4 Å². The second kappa shape index (κ2) is 7.76. The molecule has 4 rings (SSSR count). The Hall–Kier alpha value is -3.44. The molecule has 3 aromatic carbocycles. The van der Waals surface area contributed by atoms with E-state index in [0.29, 0.717) is 32.9 Å². The molecule has 1 amide bonds. The van der Waals surface area contributed by atoms with Crippen LogP contribution in [-0.4, -0.2) is 15.6 Å². The van der Waals surface area contributed by atoms with E-state index >= 15 is 0 Å². The van der Waals surface area contributed by atoms with E-state index in [2.05, 4.69) is 10.4 Å². The maximum absolute atomic E-state index is 13.2. The third-order valence-electron chi connectivity index (χ3n) is 5.18. The van der Waals surface area contributed by atoms with Gasteiger partial charge in [0.05, 0.1) is 10.9 Å². The summed E-state index contributed by atoms with van der Waals surface area (Å²) in [5.74, 6) is -0.0322. The number of halogens is 1. The van der Waals surface area contributed by atoms with Gasteiger partial charge in [-0.15, -0.1) is 0 Å². The van der Waals surface area contributed by atoms with Crippen LogP contribution >= 0.6 is 11.6 Å². The number of amides is 1. The van der Waals surface area contributed by atoms with E-state index in [0.717, 1.165) is 16.7 Å². The van der Waals surface area contributed by atoms with Crippen molar-refractivity contribution in [3.05, 3.63) is 98.3 Å². The minimum Gasteiger partial charge on any atom is -0.267 e. The molecule has 0 radical (unpaired) electrons. The Morgan fingerprint density at radius 2 is 1.60 bits per heavy atom. The smallest absolute Gasteiger partial charge is 0.267 e. The largest absolute Gasteiger partial charge is 0.280 e. The lowest BCUT2D eigenvalue weighted by molar-refractivity contribution is 0.101. The number of aromatic nitrogens is 2. The van der Waals surface area contributed by atoms with Crippen molar-refractivity contribution in [3.8, 4) is 11.4 Å². The third kappa shape index (κ3) is 3.60. The van der Waals surface area contributed by atoms with Crippen molar-refractivity contribution in [1.82, 2.24) is 9.66 Å². The van der Waals surface area contributed by atoms with Gasteiger partial charge in [0.15, 0.2) is 5.82 Å². The Morgan fingerprint density at radius 3 is 2.33 bits per heavy atom. The lowest BCUT2D eigenvalue weighted by Crippen LogP contribution is -2.35. The van der Waals surface area contributed by atoms with E-state index < -0.39 is 0 Å². The van der Waals surface area contributed by atoms with Crippen LogP contribution in [0.2, 0.25) is 5.02 Å². The van der Waals surface area contributed by atoms with Crippen molar-refractivity contribution < 1.29 is 4.79 Å². The number of carbonyl (C=O) groups is 1. The van der Waals surface area contributed by atoms with Crippen LogP contribution in [0.25, 0.3) is 22.3 Å². The highest BCUT2D eigenvalue weighted by atomic mass is 35.5. The molecule has 5 nitrogen and oxygen atoms in total. The first-order valence-electron chi connectivity index (χ1n) is 9.52. The zero-order valence-electron chi connectivity index (χ0n) is 16.9. The summed E-state index contributed by atoms with van der Waals surface area (Å²) in [5, 5.41) is 0.996. The molecule has 0 atom stereocenters. The van der Waals surface area contributed by atoms with E-state index in [-0.39, 0.29) is 11.5 Å². The second-order valence-electron chi connectivity index (χ2n) is 7.29. The van der Waals surface area contributed by atoms with Crippen LogP contribution in [0.1, 0.15) is 27.0 Å². The zero-order chi connectivity index (χ0) is 21.4. The highest BCUT2D eigenvalue weighted by Crippen LogP contribution is 2.21. The zero-order valence-corrected chi connectivity index (χ0v) is 17.6. The normalized spacial score (nSPS) is 10.9. The molecule has 150 valence electrons. The highest BCUT2D eigenvalue weighted by molar-refractivity contribution is 6.30. The summed E-state index contributed by atoms with van der Waals surface area (Å²) in [6.45, 7) is 5.83. The Morgan fingerprint density at radius 1 is 0.933 bits per heavy atom. The molecule has 1 N–H and O–H groups in total. The maximum atomic E-state index is 13.2. The lowest BCUT2D eigenvalue weighted by atomic mass is 10.0. The number of benzene rings is 3. The summed E-state index contributed by atoms with van der Waals surface area (Å²) < 4.78 is 1.21. The summed E-state index contributed by atoms with van der Waals surface area (Å²) in [4.78, 5) is 31.0. The topological polar surface area (TPSA) is 64.0 Å². The van der Waals surface area contributed by atoms with Gasteiger partial charge >= 0.3 is 0 Å². The molecule has 0 bridgehead atoms. The molecule has 4 aromatic rings. The van der Waals surface area contributed by atoms with Crippen molar-refractivity contribution in [2.75, 3.05) is 5.43 Å². The third-order valence-corrected chi connectivity index (χ3v) is 5.43. The summed E-state index contributed by atoms with van der Waals surface area (Å²) in [6.07, 6.45) is 0. The number of nitrogens with zero attached hydrogens (tertiary/aromatic N) is 2. The number of rotatable bonds is 3. The fraction of sp³-hybridized carbons (Fsp3) is 0.125. The molecule has 0 aliphatic heterocycles. The minimum absolute atomic E-state index is 0.338. The first-order chi connectivity index (χ1) is 14.3. The molecular weight excluding hydrogens is 398 g/mol. The van der Waals surface area contributed by atoms with Crippen LogP contribution < -0.4 is 11.0 Å². The van der Waals surface area contributed by atoms with Crippen molar-refractivity contribution in [1.29, 1.82) is 0 Å². The fourth-order valence-corrected chi connectivity index (χ4v) is 3.52. The molecule has 0 aliphatic carbocycles. The van der Waals surface area contributed by atoms with Gasteiger partial charge in [0, 0.05) is 16.1 Å². The quantitative estimate of drug-likeness (QED) is 0.508. The number of hydrogen-bond donors (Lipinski definition) is 1. The fourth-order valence-electron chi connectivity index (χ4n) is 3.40. The number of nitrogens with one attached hydrogen (secondary N) is 1. The first kappa shape index (κ1) is 19.9. The van der Waals surface area contributed by atoms with Gasteiger partial charge in [-0.2, -0.15) is 4.68 Å². The summed E-state index contributed by atoms with van der Waals surface area (Å²) in [6, 6.07) is 17.8. The monoisotopic (exact) mass is 417 g/mol. The number of para-hydroxylation sites is 1. The van der Waals surface area contributed by atoms with Gasteiger partial charge in [0.25, 0.3) is 11.5 Å². The molecule has 0 aliphatic rings. The van der Waals surface area contributed by atoms with E-state index in [9.17, 15) is 9.59 Å². The van der Waals surface area contributed by atoms with Crippen LogP contribution in [0.15, 0.2) is 65.5 Å². The molecule has 6 heteroatoms. The SMILES string of the molecule is Cc1cc(C)c(C(=O)Nn2c(-c3ccc(Cl)cc3)nc3ccccc3c2=O)cc1C. The molecule has 0 saturated carbocycles. The van der Waals surface area contributed by atoms with E-state index in [1.165, 1.54) is 4.68 Å². The van der Waals surface area contributed by atoms with Gasteiger partial charge < -0.3 is 0 Å². The van der Waals surface area contributed by atoms with Gasteiger partial charge in [-0.05, 0) is 79.9 Å². The molecule has 0 spiro atoms. The van der Waals surface area contributed by atoms with Crippen molar-refractivity contribution in [2.45, 2.75) is 20.8 Å². The highest BCUT2D eigenvalue weighted by Gasteiger charge is 2.17. The van der Waals surface area contributed by atoms with Gasteiger partial charge in [-0.1, -0.05) is 29.8 Å². The van der Waals surface area contributed by atoms with E-state index in [1.54, 1.807) is 42.5 Å². The molecule has 0 unspecified atom stereocenters. The Kier molecular flexibility index (Phi) is 5.14. The molecule has 1 heterocycles. The average molecular weight is 418 g/mol. The predicted molar refractivity (Wildman–Crippen MR) is 121 cm³/mol. The molecule has 30 heavy (non-hydrogen) atoms.